The number of halogens is 1. The van der Waals surface area contributed by atoms with Crippen LogP contribution in [-0.4, -0.2) is 34.5 Å². The van der Waals surface area contributed by atoms with Crippen molar-refractivity contribution in [2.75, 3.05) is 10.0 Å². The van der Waals surface area contributed by atoms with Gasteiger partial charge in [0, 0.05) is 16.6 Å². The zero-order chi connectivity index (χ0) is 22.0. The van der Waals surface area contributed by atoms with Crippen LogP contribution < -0.4 is 10.0 Å². The van der Waals surface area contributed by atoms with Crippen LogP contribution >= 0.6 is 22.9 Å². The number of sulfonamides is 1. The van der Waals surface area contributed by atoms with Crippen LogP contribution in [0.2, 0.25) is 5.15 Å². The van der Waals surface area contributed by atoms with Gasteiger partial charge >= 0.3 is 0 Å². The summed E-state index contributed by atoms with van der Waals surface area (Å²) in [5, 5.41) is 4.89. The molecule has 0 aliphatic heterocycles. The molecule has 2 aromatic heterocycles. The highest BCUT2D eigenvalue weighted by molar-refractivity contribution is 7.93. The number of carbonyl (C=O) groups is 1. The van der Waals surface area contributed by atoms with Gasteiger partial charge in [-0.05, 0) is 31.4 Å². The summed E-state index contributed by atoms with van der Waals surface area (Å²) in [5.74, 6) is -0.700. The van der Waals surface area contributed by atoms with E-state index >= 15 is 0 Å². The van der Waals surface area contributed by atoms with Crippen molar-refractivity contribution in [1.29, 1.82) is 0 Å². The molecule has 2 N–H and O–H groups in total. The predicted octanol–water partition coefficient (Wildman–Crippen LogP) is 4.29. The van der Waals surface area contributed by atoms with Crippen molar-refractivity contribution in [2.24, 2.45) is 0 Å². The summed E-state index contributed by atoms with van der Waals surface area (Å²) in [6.07, 6.45) is 4.96. The molecular weight excluding hydrogens is 458 g/mol. The average molecular weight is 478 g/mol. The lowest BCUT2D eigenvalue weighted by atomic mass is 10.0. The monoisotopic (exact) mass is 477 g/mol. The molecular formula is C20H20ClN5O3S2. The molecule has 162 valence electrons. The van der Waals surface area contributed by atoms with E-state index in [2.05, 4.69) is 25.0 Å². The molecule has 3 aromatic rings. The van der Waals surface area contributed by atoms with Gasteiger partial charge in [0.25, 0.3) is 0 Å². The third-order valence-corrected chi connectivity index (χ3v) is 7.76. The Morgan fingerprint density at radius 1 is 1.23 bits per heavy atom. The van der Waals surface area contributed by atoms with Gasteiger partial charge in [-0.25, -0.2) is 18.4 Å². The average Bonchev–Trinajstić information content (AvgIpc) is 3.51. The number of amides is 1. The molecule has 0 saturated heterocycles. The van der Waals surface area contributed by atoms with Crippen LogP contribution in [0.5, 0.6) is 0 Å². The van der Waals surface area contributed by atoms with E-state index in [0.29, 0.717) is 46.6 Å². The maximum Gasteiger partial charge on any atom is 0.237 e. The molecule has 2 heterocycles. The first-order valence-corrected chi connectivity index (χ1v) is 12.5. The number of nitrogens with one attached hydrogen (secondary N) is 2. The molecule has 8 nitrogen and oxygen atoms in total. The highest BCUT2D eigenvalue weighted by Crippen LogP contribution is 2.32. The highest BCUT2D eigenvalue weighted by atomic mass is 35.5. The van der Waals surface area contributed by atoms with E-state index < -0.39 is 15.9 Å². The quantitative estimate of drug-likeness (QED) is 0.500. The van der Waals surface area contributed by atoms with E-state index in [9.17, 15) is 13.2 Å². The van der Waals surface area contributed by atoms with E-state index in [1.54, 1.807) is 23.7 Å². The molecule has 4 rings (SSSR count). The van der Waals surface area contributed by atoms with E-state index in [1.807, 2.05) is 19.1 Å². The number of benzene rings is 1. The van der Waals surface area contributed by atoms with E-state index in [-0.39, 0.29) is 11.2 Å². The Balaban J connectivity index is 1.43. The largest absolute Gasteiger partial charge is 0.326 e. The van der Waals surface area contributed by atoms with Gasteiger partial charge in [0.2, 0.25) is 15.9 Å². The summed E-state index contributed by atoms with van der Waals surface area (Å²) in [6.45, 7) is 1.89. The topological polar surface area (TPSA) is 114 Å². The number of carbonyl (C=O) groups excluding carboxylic acids is 1. The van der Waals surface area contributed by atoms with Crippen LogP contribution in [0.1, 0.15) is 37.8 Å². The molecule has 1 fully saturated rings. The SMILES string of the molecule is CCC(C(=O)Nc1ccc(-c2cncc(Cl)n2)cc1)c1csc(NS(=O)(=O)C2CC2)n1. The summed E-state index contributed by atoms with van der Waals surface area (Å²) in [6, 6.07) is 7.20. The minimum Gasteiger partial charge on any atom is -0.326 e. The number of rotatable bonds is 8. The second-order valence-electron chi connectivity index (χ2n) is 7.18. The zero-order valence-corrected chi connectivity index (χ0v) is 19.0. The molecule has 1 aromatic carbocycles. The second-order valence-corrected chi connectivity index (χ2v) is 10.4. The Morgan fingerprint density at radius 2 is 1.97 bits per heavy atom. The molecule has 1 unspecified atom stereocenters. The van der Waals surface area contributed by atoms with Crippen LogP contribution in [0.25, 0.3) is 11.3 Å². The first kappa shape index (κ1) is 21.7. The van der Waals surface area contributed by atoms with Gasteiger partial charge in [0.15, 0.2) is 5.13 Å². The van der Waals surface area contributed by atoms with Crippen LogP contribution in [-0.2, 0) is 14.8 Å². The van der Waals surface area contributed by atoms with Crippen molar-refractivity contribution in [3.05, 3.63) is 52.9 Å². The lowest BCUT2D eigenvalue weighted by Gasteiger charge is -2.13. The summed E-state index contributed by atoms with van der Waals surface area (Å²) < 4.78 is 26.7. The number of anilines is 2. The molecule has 0 bridgehead atoms. The van der Waals surface area contributed by atoms with Gasteiger partial charge in [0.05, 0.1) is 34.9 Å². The molecule has 1 aliphatic rings. The van der Waals surface area contributed by atoms with Crippen molar-refractivity contribution in [3.8, 4) is 11.3 Å². The number of hydrogen-bond acceptors (Lipinski definition) is 7. The Labute approximate surface area is 189 Å². The van der Waals surface area contributed by atoms with Crippen molar-refractivity contribution in [3.63, 3.8) is 0 Å². The number of hydrogen-bond donors (Lipinski definition) is 2. The summed E-state index contributed by atoms with van der Waals surface area (Å²) in [7, 11) is -3.38. The van der Waals surface area contributed by atoms with E-state index in [1.165, 1.54) is 17.5 Å². The molecule has 0 radical (unpaired) electrons. The summed E-state index contributed by atoms with van der Waals surface area (Å²) in [4.78, 5) is 25.4. The summed E-state index contributed by atoms with van der Waals surface area (Å²) >= 11 is 7.07. The van der Waals surface area contributed by atoms with E-state index in [4.69, 9.17) is 11.6 Å². The van der Waals surface area contributed by atoms with Gasteiger partial charge in [0.1, 0.15) is 5.15 Å². The minimum absolute atomic E-state index is 0.209. The molecule has 1 amide bonds. The fourth-order valence-electron chi connectivity index (χ4n) is 3.04. The van der Waals surface area contributed by atoms with Gasteiger partial charge in [-0.15, -0.1) is 11.3 Å². The Morgan fingerprint density at radius 3 is 2.61 bits per heavy atom. The lowest BCUT2D eigenvalue weighted by Crippen LogP contribution is -2.21. The fraction of sp³-hybridized carbons (Fsp3) is 0.300. The normalized spacial score (nSPS) is 14.8. The number of nitrogens with zero attached hydrogens (tertiary/aromatic N) is 3. The maximum absolute atomic E-state index is 12.8. The lowest BCUT2D eigenvalue weighted by molar-refractivity contribution is -0.117. The molecule has 11 heteroatoms. The molecule has 31 heavy (non-hydrogen) atoms. The molecule has 0 spiro atoms. The predicted molar refractivity (Wildman–Crippen MR) is 122 cm³/mol. The van der Waals surface area contributed by atoms with Crippen molar-refractivity contribution in [2.45, 2.75) is 37.4 Å². The third-order valence-electron chi connectivity index (χ3n) is 4.85. The van der Waals surface area contributed by atoms with Gasteiger partial charge in [-0.2, -0.15) is 0 Å². The van der Waals surface area contributed by atoms with Crippen LogP contribution in [0.4, 0.5) is 10.8 Å². The van der Waals surface area contributed by atoms with Crippen molar-refractivity contribution >= 4 is 49.7 Å². The third kappa shape index (κ3) is 5.20. The number of thiazole rings is 1. The van der Waals surface area contributed by atoms with Crippen LogP contribution in [0.15, 0.2) is 42.0 Å². The minimum atomic E-state index is -3.38. The Kier molecular flexibility index (Phi) is 6.22. The van der Waals surface area contributed by atoms with Crippen molar-refractivity contribution in [1.82, 2.24) is 15.0 Å². The Bertz CT molecular complexity index is 1190. The standard InChI is InChI=1S/C20H20ClN5O3S2/c1-2-15(17-11-30-20(25-17)26-31(28,29)14-7-8-14)19(27)23-13-5-3-12(4-6-13)16-9-22-10-18(21)24-16/h3-6,9-11,14-15H,2,7-8H2,1H3,(H,23,27)(H,25,26). The summed E-state index contributed by atoms with van der Waals surface area (Å²) in [5.41, 5.74) is 2.64. The zero-order valence-electron chi connectivity index (χ0n) is 16.6. The van der Waals surface area contributed by atoms with Gasteiger partial charge < -0.3 is 5.32 Å². The van der Waals surface area contributed by atoms with Gasteiger partial charge in [-0.3, -0.25) is 14.5 Å². The second kappa shape index (κ2) is 8.89. The molecule has 1 saturated carbocycles. The Hall–Kier alpha value is -2.56. The van der Waals surface area contributed by atoms with E-state index in [0.717, 1.165) is 5.56 Å². The van der Waals surface area contributed by atoms with Crippen molar-refractivity contribution < 1.29 is 13.2 Å². The maximum atomic E-state index is 12.8. The van der Waals surface area contributed by atoms with Crippen LogP contribution in [0.3, 0.4) is 0 Å². The van der Waals surface area contributed by atoms with Gasteiger partial charge in [-0.1, -0.05) is 30.7 Å². The highest BCUT2D eigenvalue weighted by Gasteiger charge is 2.36. The smallest absolute Gasteiger partial charge is 0.237 e. The first-order valence-electron chi connectivity index (χ1n) is 9.71. The van der Waals surface area contributed by atoms with Crippen LogP contribution in [0, 0.1) is 0 Å². The first-order chi connectivity index (χ1) is 14.9. The number of aromatic nitrogens is 3. The molecule has 1 aliphatic carbocycles. The molecule has 1 atom stereocenters. The fourth-order valence-corrected chi connectivity index (χ4v) is 5.55.